The summed E-state index contributed by atoms with van der Waals surface area (Å²) in [6, 6.07) is 3.92. The Morgan fingerprint density at radius 3 is 2.75 bits per heavy atom. The lowest BCUT2D eigenvalue weighted by molar-refractivity contribution is 0.232. The quantitative estimate of drug-likeness (QED) is 0.794. The summed E-state index contributed by atoms with van der Waals surface area (Å²) in [6.45, 7) is 13.7. The number of piperidine rings is 1. The molecule has 0 bridgehead atoms. The Balaban J connectivity index is 1.85. The summed E-state index contributed by atoms with van der Waals surface area (Å²) < 4.78 is 0. The van der Waals surface area contributed by atoms with Crippen molar-refractivity contribution < 1.29 is 0 Å². The summed E-state index contributed by atoms with van der Waals surface area (Å²) in [6.07, 6.45) is 3.82. The van der Waals surface area contributed by atoms with Crippen molar-refractivity contribution in [3.05, 3.63) is 34.1 Å². The molecule has 1 aromatic rings. The van der Waals surface area contributed by atoms with Crippen molar-refractivity contribution in [3.8, 4) is 0 Å². The van der Waals surface area contributed by atoms with Crippen LogP contribution in [0.25, 0.3) is 4.85 Å². The number of hydrogen-bond acceptors (Lipinski definition) is 2. The first kappa shape index (κ1) is 13.7. The molecular weight excluding hydrogens is 270 g/mol. The van der Waals surface area contributed by atoms with Gasteiger partial charge in [0.2, 0.25) is 5.69 Å². The third-order valence-electron chi connectivity index (χ3n) is 4.90. The van der Waals surface area contributed by atoms with Crippen LogP contribution in [0.15, 0.2) is 12.1 Å². The van der Waals surface area contributed by atoms with Gasteiger partial charge in [-0.25, -0.2) is 4.85 Å². The van der Waals surface area contributed by atoms with E-state index in [1.807, 2.05) is 13.0 Å². The Morgan fingerprint density at radius 2 is 2.05 bits per heavy atom. The maximum Gasteiger partial charge on any atom is 0.205 e. The van der Waals surface area contributed by atoms with Gasteiger partial charge in [0.25, 0.3) is 0 Å². The molecule has 106 valence electrons. The number of anilines is 1. The molecule has 1 aromatic carbocycles. The molecule has 0 atom stereocenters. The predicted octanol–water partition coefficient (Wildman–Crippen LogP) is 3.78. The molecular formula is C16H20ClN3. The average Bonchev–Trinajstić information content (AvgIpc) is 2.86. The number of halogens is 1. The SMILES string of the molecule is [C-]#[N+]c1ccc(N2CCC3(CCNCC3)C2)c(C)c1Cl. The van der Waals surface area contributed by atoms with E-state index in [4.69, 9.17) is 18.2 Å². The average molecular weight is 290 g/mol. The van der Waals surface area contributed by atoms with Gasteiger partial charge in [0, 0.05) is 18.8 Å². The zero-order chi connectivity index (χ0) is 14.2. The molecule has 0 aromatic heterocycles. The summed E-state index contributed by atoms with van der Waals surface area (Å²) in [5, 5.41) is 4.07. The predicted molar refractivity (Wildman–Crippen MR) is 83.8 cm³/mol. The first-order valence-corrected chi connectivity index (χ1v) is 7.65. The van der Waals surface area contributed by atoms with Crippen molar-refractivity contribution in [2.75, 3.05) is 31.1 Å². The number of nitrogens with zero attached hydrogens (tertiary/aromatic N) is 2. The van der Waals surface area contributed by atoms with E-state index in [2.05, 4.69) is 21.1 Å². The van der Waals surface area contributed by atoms with Gasteiger partial charge in [-0.1, -0.05) is 17.7 Å². The van der Waals surface area contributed by atoms with Crippen molar-refractivity contribution in [1.82, 2.24) is 5.32 Å². The fourth-order valence-corrected chi connectivity index (χ4v) is 3.80. The maximum atomic E-state index is 7.14. The third kappa shape index (κ3) is 2.28. The Morgan fingerprint density at radius 1 is 1.30 bits per heavy atom. The smallest absolute Gasteiger partial charge is 0.205 e. The molecule has 3 nitrogen and oxygen atoms in total. The van der Waals surface area contributed by atoms with Crippen LogP contribution in [0.1, 0.15) is 24.8 Å². The summed E-state index contributed by atoms with van der Waals surface area (Å²) in [5.41, 5.74) is 3.30. The Hall–Kier alpha value is -1.24. The molecule has 0 unspecified atom stereocenters. The standard InChI is InChI=1S/C16H20ClN3/c1-12-14(4-3-13(18-2)15(12)17)20-10-7-16(11-20)5-8-19-9-6-16/h3-4,19H,5-11H2,1H3. The molecule has 2 aliphatic rings. The van der Waals surface area contributed by atoms with E-state index in [0.717, 1.165) is 31.7 Å². The molecule has 0 radical (unpaired) electrons. The fourth-order valence-electron chi connectivity index (χ4n) is 3.60. The van der Waals surface area contributed by atoms with Gasteiger partial charge in [0.1, 0.15) is 0 Å². The molecule has 2 heterocycles. The van der Waals surface area contributed by atoms with Gasteiger partial charge in [-0.05, 0) is 56.3 Å². The van der Waals surface area contributed by atoms with Crippen LogP contribution in [0.4, 0.5) is 11.4 Å². The monoisotopic (exact) mass is 289 g/mol. The van der Waals surface area contributed by atoms with Crippen LogP contribution in [0, 0.1) is 18.9 Å². The van der Waals surface area contributed by atoms with Crippen molar-refractivity contribution in [2.45, 2.75) is 26.2 Å². The molecule has 3 rings (SSSR count). The van der Waals surface area contributed by atoms with E-state index in [9.17, 15) is 0 Å². The molecule has 0 saturated carbocycles. The topological polar surface area (TPSA) is 19.6 Å². The third-order valence-corrected chi connectivity index (χ3v) is 5.38. The minimum Gasteiger partial charge on any atom is -0.371 e. The minimum atomic E-state index is 0.489. The molecule has 2 aliphatic heterocycles. The van der Waals surface area contributed by atoms with Gasteiger partial charge in [0.05, 0.1) is 11.6 Å². The summed E-state index contributed by atoms with van der Waals surface area (Å²) in [4.78, 5) is 5.93. The molecule has 20 heavy (non-hydrogen) atoms. The maximum absolute atomic E-state index is 7.14. The summed E-state index contributed by atoms with van der Waals surface area (Å²) in [7, 11) is 0. The summed E-state index contributed by atoms with van der Waals surface area (Å²) in [5.74, 6) is 0. The van der Waals surface area contributed by atoms with E-state index in [-0.39, 0.29) is 0 Å². The van der Waals surface area contributed by atoms with Gasteiger partial charge >= 0.3 is 0 Å². The van der Waals surface area contributed by atoms with Crippen LogP contribution in [-0.2, 0) is 0 Å². The minimum absolute atomic E-state index is 0.489. The van der Waals surface area contributed by atoms with Gasteiger partial charge < -0.3 is 10.2 Å². The van der Waals surface area contributed by atoms with Crippen molar-refractivity contribution in [1.29, 1.82) is 0 Å². The number of rotatable bonds is 1. The highest BCUT2D eigenvalue weighted by Gasteiger charge is 2.39. The lowest BCUT2D eigenvalue weighted by atomic mass is 9.78. The molecule has 1 N–H and O–H groups in total. The van der Waals surface area contributed by atoms with E-state index in [1.54, 1.807) is 0 Å². The number of hydrogen-bond donors (Lipinski definition) is 1. The van der Waals surface area contributed by atoms with Crippen LogP contribution in [0.5, 0.6) is 0 Å². The first-order chi connectivity index (χ1) is 9.65. The second-order valence-corrected chi connectivity index (χ2v) is 6.45. The Labute approximate surface area is 125 Å². The van der Waals surface area contributed by atoms with E-state index >= 15 is 0 Å². The van der Waals surface area contributed by atoms with Gasteiger partial charge in [-0.3, -0.25) is 0 Å². The van der Waals surface area contributed by atoms with Crippen LogP contribution in [-0.4, -0.2) is 26.2 Å². The van der Waals surface area contributed by atoms with Crippen molar-refractivity contribution >= 4 is 23.0 Å². The van der Waals surface area contributed by atoms with E-state index in [0.29, 0.717) is 16.1 Å². The van der Waals surface area contributed by atoms with Crippen molar-refractivity contribution in [3.63, 3.8) is 0 Å². The fraction of sp³-hybridized carbons (Fsp3) is 0.562. The second kappa shape index (κ2) is 5.27. The van der Waals surface area contributed by atoms with Crippen LogP contribution in [0.3, 0.4) is 0 Å². The summed E-state index contributed by atoms with van der Waals surface area (Å²) >= 11 is 6.30. The Bertz CT molecular complexity index is 556. The zero-order valence-electron chi connectivity index (χ0n) is 11.9. The normalized spacial score (nSPS) is 21.1. The van der Waals surface area contributed by atoms with E-state index < -0.39 is 0 Å². The van der Waals surface area contributed by atoms with Gasteiger partial charge in [-0.15, -0.1) is 0 Å². The van der Waals surface area contributed by atoms with Gasteiger partial charge in [-0.2, -0.15) is 0 Å². The van der Waals surface area contributed by atoms with Gasteiger partial charge in [0.15, 0.2) is 0 Å². The number of benzene rings is 1. The molecule has 4 heteroatoms. The highest BCUT2D eigenvalue weighted by molar-refractivity contribution is 6.34. The van der Waals surface area contributed by atoms with Crippen LogP contribution in [0.2, 0.25) is 5.02 Å². The highest BCUT2D eigenvalue weighted by Crippen LogP contribution is 2.43. The highest BCUT2D eigenvalue weighted by atomic mass is 35.5. The number of nitrogens with one attached hydrogen (secondary N) is 1. The molecule has 1 spiro atoms. The first-order valence-electron chi connectivity index (χ1n) is 7.27. The molecule has 2 fully saturated rings. The van der Waals surface area contributed by atoms with Crippen LogP contribution >= 0.6 is 11.6 Å². The largest absolute Gasteiger partial charge is 0.371 e. The van der Waals surface area contributed by atoms with E-state index in [1.165, 1.54) is 24.9 Å². The molecule has 0 aliphatic carbocycles. The second-order valence-electron chi connectivity index (χ2n) is 6.08. The lowest BCUT2D eigenvalue weighted by Crippen LogP contribution is -2.38. The van der Waals surface area contributed by atoms with Crippen molar-refractivity contribution in [2.24, 2.45) is 5.41 Å². The zero-order valence-corrected chi connectivity index (χ0v) is 12.6. The molecule has 0 amide bonds. The Kier molecular flexibility index (Phi) is 3.62. The molecule has 2 saturated heterocycles. The lowest BCUT2D eigenvalue weighted by Gasteiger charge is -2.34. The van der Waals surface area contributed by atoms with Crippen LogP contribution < -0.4 is 10.2 Å².